The van der Waals surface area contributed by atoms with Crippen molar-refractivity contribution in [2.75, 3.05) is 18.0 Å². The molecule has 1 atom stereocenters. The molecule has 0 spiro atoms. The minimum Gasteiger partial charge on any atom is -0.368 e. The molecule has 1 saturated carbocycles. The zero-order chi connectivity index (χ0) is 12.8. The Balaban J connectivity index is 1.84. The quantitative estimate of drug-likeness (QED) is 0.883. The third kappa shape index (κ3) is 1.85. The molecular weight excluding hydrogens is 229 g/mol. The molecule has 3 rings (SSSR count). The van der Waals surface area contributed by atoms with Crippen LogP contribution in [0.4, 0.5) is 10.1 Å². The van der Waals surface area contributed by atoms with E-state index in [0.717, 1.165) is 37.1 Å². The van der Waals surface area contributed by atoms with Crippen LogP contribution in [0.25, 0.3) is 0 Å². The standard InChI is InChI=1S/C14H16FN3/c15-12-4-1-10-5-6-18(13(10)7-12)9-14(17,8-16)11-2-3-11/h1,4,7,11H,2-3,5-6,9,17H2. The van der Waals surface area contributed by atoms with Gasteiger partial charge in [0.1, 0.15) is 11.4 Å². The van der Waals surface area contributed by atoms with E-state index in [-0.39, 0.29) is 5.82 Å². The monoisotopic (exact) mass is 245 g/mol. The SMILES string of the molecule is N#CC(N)(CN1CCc2ccc(F)cc21)C1CC1. The average molecular weight is 245 g/mol. The molecule has 0 saturated heterocycles. The smallest absolute Gasteiger partial charge is 0.125 e. The Kier molecular flexibility index (Phi) is 2.53. The van der Waals surface area contributed by atoms with Gasteiger partial charge >= 0.3 is 0 Å². The summed E-state index contributed by atoms with van der Waals surface area (Å²) in [6.45, 7) is 1.33. The molecule has 3 nitrogen and oxygen atoms in total. The Morgan fingerprint density at radius 3 is 2.94 bits per heavy atom. The van der Waals surface area contributed by atoms with Crippen molar-refractivity contribution in [3.05, 3.63) is 29.6 Å². The fraction of sp³-hybridized carbons (Fsp3) is 0.500. The van der Waals surface area contributed by atoms with Gasteiger partial charge in [-0.3, -0.25) is 0 Å². The number of hydrogen-bond acceptors (Lipinski definition) is 3. The zero-order valence-corrected chi connectivity index (χ0v) is 10.2. The van der Waals surface area contributed by atoms with Gasteiger partial charge in [0.2, 0.25) is 0 Å². The number of anilines is 1. The van der Waals surface area contributed by atoms with Gasteiger partial charge in [0.25, 0.3) is 0 Å². The summed E-state index contributed by atoms with van der Waals surface area (Å²) in [4.78, 5) is 2.06. The highest BCUT2D eigenvalue weighted by Gasteiger charge is 2.44. The fourth-order valence-electron chi connectivity index (χ4n) is 2.75. The molecule has 0 amide bonds. The van der Waals surface area contributed by atoms with Gasteiger partial charge in [-0.15, -0.1) is 0 Å². The van der Waals surface area contributed by atoms with Crippen molar-refractivity contribution >= 4 is 5.69 Å². The van der Waals surface area contributed by atoms with Gasteiger partial charge in [-0.05, 0) is 42.9 Å². The Labute approximate surface area is 106 Å². The van der Waals surface area contributed by atoms with E-state index < -0.39 is 5.54 Å². The van der Waals surface area contributed by atoms with Crippen molar-refractivity contribution in [1.29, 1.82) is 5.26 Å². The van der Waals surface area contributed by atoms with Gasteiger partial charge in [0, 0.05) is 18.8 Å². The van der Waals surface area contributed by atoms with Gasteiger partial charge in [0.15, 0.2) is 0 Å². The summed E-state index contributed by atoms with van der Waals surface area (Å²) in [5.41, 5.74) is 7.45. The van der Waals surface area contributed by atoms with Crippen LogP contribution < -0.4 is 10.6 Å². The lowest BCUT2D eigenvalue weighted by molar-refractivity contribution is 0.470. The van der Waals surface area contributed by atoms with E-state index in [2.05, 4.69) is 11.0 Å². The second kappa shape index (κ2) is 3.96. The van der Waals surface area contributed by atoms with Crippen molar-refractivity contribution in [2.24, 2.45) is 11.7 Å². The van der Waals surface area contributed by atoms with E-state index in [1.807, 2.05) is 6.07 Å². The third-order valence-electron chi connectivity index (χ3n) is 4.01. The van der Waals surface area contributed by atoms with Gasteiger partial charge in [-0.2, -0.15) is 5.26 Å². The van der Waals surface area contributed by atoms with Gasteiger partial charge in [-0.1, -0.05) is 6.07 Å². The molecule has 1 aromatic carbocycles. The molecule has 0 bridgehead atoms. The molecule has 0 radical (unpaired) electrons. The molecule has 18 heavy (non-hydrogen) atoms. The maximum absolute atomic E-state index is 13.3. The van der Waals surface area contributed by atoms with Gasteiger partial charge in [-0.25, -0.2) is 4.39 Å². The van der Waals surface area contributed by atoms with Crippen LogP contribution in [0.5, 0.6) is 0 Å². The van der Waals surface area contributed by atoms with Crippen molar-refractivity contribution in [3.63, 3.8) is 0 Å². The first kappa shape index (κ1) is 11.5. The first-order chi connectivity index (χ1) is 8.62. The van der Waals surface area contributed by atoms with Crippen molar-refractivity contribution in [2.45, 2.75) is 24.8 Å². The number of rotatable bonds is 3. The number of fused-ring (bicyclic) bond motifs is 1. The molecule has 2 aliphatic rings. The summed E-state index contributed by atoms with van der Waals surface area (Å²) in [6.07, 6.45) is 2.98. The predicted molar refractivity (Wildman–Crippen MR) is 67.6 cm³/mol. The van der Waals surface area contributed by atoms with E-state index in [1.165, 1.54) is 6.07 Å². The van der Waals surface area contributed by atoms with Crippen molar-refractivity contribution in [1.82, 2.24) is 0 Å². The van der Waals surface area contributed by atoms with Crippen LogP contribution >= 0.6 is 0 Å². The largest absolute Gasteiger partial charge is 0.368 e. The minimum absolute atomic E-state index is 0.230. The second-order valence-electron chi connectivity index (χ2n) is 5.37. The molecular formula is C14H16FN3. The highest BCUT2D eigenvalue weighted by Crippen LogP contribution is 2.40. The Morgan fingerprint density at radius 1 is 1.50 bits per heavy atom. The topological polar surface area (TPSA) is 53.1 Å². The summed E-state index contributed by atoms with van der Waals surface area (Å²) >= 11 is 0. The van der Waals surface area contributed by atoms with E-state index in [0.29, 0.717) is 12.5 Å². The summed E-state index contributed by atoms with van der Waals surface area (Å²) in [5.74, 6) is 0.0757. The lowest BCUT2D eigenvalue weighted by atomic mass is 9.96. The zero-order valence-electron chi connectivity index (χ0n) is 10.2. The molecule has 0 aromatic heterocycles. The number of benzene rings is 1. The molecule has 1 heterocycles. The van der Waals surface area contributed by atoms with Crippen LogP contribution in [0.1, 0.15) is 18.4 Å². The Morgan fingerprint density at radius 2 is 2.28 bits per heavy atom. The van der Waals surface area contributed by atoms with E-state index >= 15 is 0 Å². The summed E-state index contributed by atoms with van der Waals surface area (Å²) < 4.78 is 13.3. The Bertz CT molecular complexity index is 518. The molecule has 1 unspecified atom stereocenters. The minimum atomic E-state index is -0.784. The van der Waals surface area contributed by atoms with Crippen LogP contribution in [-0.4, -0.2) is 18.6 Å². The first-order valence-corrected chi connectivity index (χ1v) is 6.36. The molecule has 94 valence electrons. The number of hydrogen-bond donors (Lipinski definition) is 1. The number of nitriles is 1. The lowest BCUT2D eigenvalue weighted by Gasteiger charge is -2.29. The maximum atomic E-state index is 13.3. The summed E-state index contributed by atoms with van der Waals surface area (Å²) in [7, 11) is 0. The number of nitrogens with two attached hydrogens (primary N) is 1. The molecule has 1 aromatic rings. The van der Waals surface area contributed by atoms with Crippen LogP contribution in [0.15, 0.2) is 18.2 Å². The van der Waals surface area contributed by atoms with Crippen LogP contribution in [0.3, 0.4) is 0 Å². The van der Waals surface area contributed by atoms with E-state index in [4.69, 9.17) is 5.73 Å². The van der Waals surface area contributed by atoms with Crippen LogP contribution in [0.2, 0.25) is 0 Å². The Hall–Kier alpha value is -1.60. The molecule has 1 aliphatic heterocycles. The lowest BCUT2D eigenvalue weighted by Crippen LogP contribution is -2.50. The van der Waals surface area contributed by atoms with Crippen LogP contribution in [0, 0.1) is 23.1 Å². The normalized spacial score (nSPS) is 21.3. The summed E-state index contributed by atoms with van der Waals surface area (Å²) in [6, 6.07) is 7.12. The number of nitrogens with zero attached hydrogens (tertiary/aromatic N) is 2. The van der Waals surface area contributed by atoms with Gasteiger partial charge < -0.3 is 10.6 Å². The van der Waals surface area contributed by atoms with Crippen molar-refractivity contribution in [3.8, 4) is 6.07 Å². The molecule has 1 aliphatic carbocycles. The van der Waals surface area contributed by atoms with E-state index in [9.17, 15) is 9.65 Å². The van der Waals surface area contributed by atoms with Gasteiger partial charge in [0.05, 0.1) is 6.07 Å². The molecule has 1 fully saturated rings. The second-order valence-corrected chi connectivity index (χ2v) is 5.37. The number of halogens is 1. The predicted octanol–water partition coefficient (Wildman–Crippen LogP) is 1.82. The molecule has 4 heteroatoms. The molecule has 2 N–H and O–H groups in total. The highest BCUT2D eigenvalue weighted by molar-refractivity contribution is 5.58. The third-order valence-corrected chi connectivity index (χ3v) is 4.01. The average Bonchev–Trinajstić information content (AvgIpc) is 3.15. The van der Waals surface area contributed by atoms with E-state index in [1.54, 1.807) is 6.07 Å². The summed E-state index contributed by atoms with van der Waals surface area (Å²) in [5, 5.41) is 9.28. The van der Waals surface area contributed by atoms with Crippen molar-refractivity contribution < 1.29 is 4.39 Å². The highest BCUT2D eigenvalue weighted by atomic mass is 19.1. The first-order valence-electron chi connectivity index (χ1n) is 6.36. The van der Waals surface area contributed by atoms with Crippen LogP contribution in [-0.2, 0) is 6.42 Å². The fourth-order valence-corrected chi connectivity index (χ4v) is 2.75. The maximum Gasteiger partial charge on any atom is 0.125 e.